The summed E-state index contributed by atoms with van der Waals surface area (Å²) in [5.41, 5.74) is -0.464. The van der Waals surface area contributed by atoms with Gasteiger partial charge in [-0.05, 0) is 0 Å². The van der Waals surface area contributed by atoms with Crippen molar-refractivity contribution in [2.24, 2.45) is 0 Å². The normalized spacial score (nSPS) is 15.6. The number of morpholine rings is 1. The maximum absolute atomic E-state index is 12.2. The molecule has 1 saturated heterocycles. The number of anilines is 1. The third-order valence-electron chi connectivity index (χ3n) is 3.03. The highest BCUT2D eigenvalue weighted by atomic mass is 32.1. The minimum absolute atomic E-state index is 0.0103. The summed E-state index contributed by atoms with van der Waals surface area (Å²) in [5, 5.41) is 7.39. The largest absolute Gasteiger partial charge is 0.378 e. The molecule has 0 unspecified atom stereocenters. The lowest BCUT2D eigenvalue weighted by molar-refractivity contribution is 0.0961. The topological polar surface area (TPSA) is 88.8 Å². The molecule has 0 radical (unpaired) electrons. The van der Waals surface area contributed by atoms with Crippen LogP contribution in [-0.2, 0) is 4.74 Å². The molecule has 8 nitrogen and oxygen atoms in total. The molecule has 1 fully saturated rings. The second kappa shape index (κ2) is 5.17. The number of hydrogen-bond donors (Lipinski definition) is 1. The highest BCUT2D eigenvalue weighted by molar-refractivity contribution is 7.20. The highest BCUT2D eigenvalue weighted by Crippen LogP contribution is 2.21. The van der Waals surface area contributed by atoms with Gasteiger partial charge >= 0.3 is 0 Å². The average molecular weight is 295 g/mol. The number of carbonyl (C=O) groups is 1. The SMILES string of the molecule is CNC(=O)c1cnc2sc(N3CCOCC3)nn2c1=O. The van der Waals surface area contributed by atoms with E-state index < -0.39 is 11.5 Å². The Bertz CT molecular complexity index is 704. The molecule has 2 aromatic rings. The minimum atomic E-state index is -0.460. The Morgan fingerprint density at radius 1 is 1.45 bits per heavy atom. The van der Waals surface area contributed by atoms with Crippen molar-refractivity contribution in [3.8, 4) is 0 Å². The minimum Gasteiger partial charge on any atom is -0.378 e. The zero-order valence-corrected chi connectivity index (χ0v) is 11.6. The fraction of sp³-hybridized carbons (Fsp3) is 0.455. The van der Waals surface area contributed by atoms with Gasteiger partial charge in [-0.2, -0.15) is 4.52 Å². The van der Waals surface area contributed by atoms with E-state index in [4.69, 9.17) is 4.74 Å². The first-order valence-electron chi connectivity index (χ1n) is 6.14. The van der Waals surface area contributed by atoms with Gasteiger partial charge in [0.2, 0.25) is 10.1 Å². The number of amides is 1. The van der Waals surface area contributed by atoms with Crippen molar-refractivity contribution in [3.05, 3.63) is 22.1 Å². The number of ether oxygens (including phenoxy) is 1. The van der Waals surface area contributed by atoms with Crippen LogP contribution in [0, 0.1) is 0 Å². The van der Waals surface area contributed by atoms with E-state index in [1.54, 1.807) is 0 Å². The average Bonchev–Trinajstić information content (AvgIpc) is 2.93. The highest BCUT2D eigenvalue weighted by Gasteiger charge is 2.19. The molecule has 0 saturated carbocycles. The van der Waals surface area contributed by atoms with Crippen LogP contribution < -0.4 is 15.8 Å². The first-order valence-corrected chi connectivity index (χ1v) is 6.96. The quantitative estimate of drug-likeness (QED) is 0.792. The van der Waals surface area contributed by atoms with Crippen molar-refractivity contribution in [3.63, 3.8) is 0 Å². The molecule has 0 bridgehead atoms. The number of aromatic nitrogens is 3. The molecule has 2 aromatic heterocycles. The maximum Gasteiger partial charge on any atom is 0.288 e. The van der Waals surface area contributed by atoms with Gasteiger partial charge in [-0.15, -0.1) is 5.10 Å². The number of nitrogens with one attached hydrogen (secondary N) is 1. The number of hydrogen-bond acceptors (Lipinski definition) is 7. The van der Waals surface area contributed by atoms with Crippen LogP contribution in [0.2, 0.25) is 0 Å². The lowest BCUT2D eigenvalue weighted by Gasteiger charge is -2.25. The number of rotatable bonds is 2. The fourth-order valence-corrected chi connectivity index (χ4v) is 2.86. The van der Waals surface area contributed by atoms with Crippen LogP contribution >= 0.6 is 11.3 Å². The Hall–Kier alpha value is -2.00. The number of nitrogens with zero attached hydrogens (tertiary/aromatic N) is 4. The lowest BCUT2D eigenvalue weighted by Crippen LogP contribution is -2.36. The molecule has 0 aromatic carbocycles. The van der Waals surface area contributed by atoms with Crippen molar-refractivity contribution in [1.82, 2.24) is 19.9 Å². The number of fused-ring (bicyclic) bond motifs is 1. The van der Waals surface area contributed by atoms with Crippen LogP contribution in [0.25, 0.3) is 4.96 Å². The van der Waals surface area contributed by atoms with Crippen LogP contribution in [0.4, 0.5) is 5.13 Å². The van der Waals surface area contributed by atoms with E-state index in [-0.39, 0.29) is 5.56 Å². The fourth-order valence-electron chi connectivity index (χ4n) is 1.95. The Labute approximate surface area is 118 Å². The third kappa shape index (κ3) is 2.14. The van der Waals surface area contributed by atoms with Gasteiger partial charge in [0, 0.05) is 26.3 Å². The predicted molar refractivity (Wildman–Crippen MR) is 73.6 cm³/mol. The summed E-state index contributed by atoms with van der Waals surface area (Å²) in [6, 6.07) is 0. The van der Waals surface area contributed by atoms with Gasteiger partial charge in [0.25, 0.3) is 11.5 Å². The van der Waals surface area contributed by atoms with E-state index in [1.165, 1.54) is 29.1 Å². The predicted octanol–water partition coefficient (Wildman–Crippen LogP) is -0.653. The van der Waals surface area contributed by atoms with Crippen LogP contribution in [0.15, 0.2) is 11.0 Å². The zero-order valence-electron chi connectivity index (χ0n) is 10.8. The first kappa shape index (κ1) is 13.0. The van der Waals surface area contributed by atoms with E-state index in [0.29, 0.717) is 23.3 Å². The van der Waals surface area contributed by atoms with Crippen molar-refractivity contribution in [2.45, 2.75) is 0 Å². The summed E-state index contributed by atoms with van der Waals surface area (Å²) in [6.45, 7) is 2.75. The number of carbonyl (C=O) groups excluding carboxylic acids is 1. The van der Waals surface area contributed by atoms with Crippen molar-refractivity contribution in [2.75, 3.05) is 38.3 Å². The van der Waals surface area contributed by atoms with Gasteiger partial charge in [0.15, 0.2) is 0 Å². The van der Waals surface area contributed by atoms with Crippen LogP contribution in [0.3, 0.4) is 0 Å². The van der Waals surface area contributed by atoms with Gasteiger partial charge in [0.1, 0.15) is 5.56 Å². The Morgan fingerprint density at radius 2 is 2.20 bits per heavy atom. The van der Waals surface area contributed by atoms with E-state index in [9.17, 15) is 9.59 Å². The molecule has 0 atom stereocenters. The molecule has 0 aliphatic carbocycles. The van der Waals surface area contributed by atoms with Gasteiger partial charge in [0.05, 0.1) is 13.2 Å². The lowest BCUT2D eigenvalue weighted by atomic mass is 10.3. The standard InChI is InChI=1S/C11H13N5O3S/c1-12-8(17)7-6-13-10-16(9(7)18)14-11(20-10)15-2-4-19-5-3-15/h6H,2-5H2,1H3,(H,12,17). The van der Waals surface area contributed by atoms with E-state index >= 15 is 0 Å². The van der Waals surface area contributed by atoms with Gasteiger partial charge in [-0.25, -0.2) is 4.98 Å². The van der Waals surface area contributed by atoms with E-state index in [2.05, 4.69) is 15.4 Å². The van der Waals surface area contributed by atoms with E-state index in [0.717, 1.165) is 13.1 Å². The monoisotopic (exact) mass is 295 g/mol. The molecule has 3 heterocycles. The second-order valence-corrected chi connectivity index (χ2v) is 5.17. The summed E-state index contributed by atoms with van der Waals surface area (Å²) in [5.74, 6) is -0.460. The van der Waals surface area contributed by atoms with E-state index in [1.807, 2.05) is 4.90 Å². The summed E-state index contributed by atoms with van der Waals surface area (Å²) in [6.07, 6.45) is 1.29. The molecular formula is C11H13N5O3S. The smallest absolute Gasteiger partial charge is 0.288 e. The zero-order chi connectivity index (χ0) is 14.1. The molecule has 1 aliphatic heterocycles. The van der Waals surface area contributed by atoms with Crippen LogP contribution in [0.5, 0.6) is 0 Å². The molecule has 106 valence electrons. The first-order chi connectivity index (χ1) is 9.70. The maximum atomic E-state index is 12.2. The van der Waals surface area contributed by atoms with Crippen LogP contribution in [0.1, 0.15) is 10.4 Å². The third-order valence-corrected chi connectivity index (χ3v) is 4.01. The van der Waals surface area contributed by atoms with Gasteiger partial charge < -0.3 is 15.0 Å². The van der Waals surface area contributed by atoms with Crippen molar-refractivity contribution < 1.29 is 9.53 Å². The molecule has 1 amide bonds. The molecule has 20 heavy (non-hydrogen) atoms. The molecule has 3 rings (SSSR count). The van der Waals surface area contributed by atoms with Crippen LogP contribution in [-0.4, -0.2) is 53.9 Å². The summed E-state index contributed by atoms with van der Waals surface area (Å²) in [7, 11) is 1.47. The Morgan fingerprint density at radius 3 is 2.90 bits per heavy atom. The second-order valence-electron chi connectivity index (χ2n) is 4.23. The Kier molecular flexibility index (Phi) is 3.36. The summed E-state index contributed by atoms with van der Waals surface area (Å²) >= 11 is 1.33. The summed E-state index contributed by atoms with van der Waals surface area (Å²) < 4.78 is 6.46. The summed E-state index contributed by atoms with van der Waals surface area (Å²) in [4.78, 5) is 30.4. The molecular weight excluding hydrogens is 282 g/mol. The molecule has 9 heteroatoms. The van der Waals surface area contributed by atoms with Gasteiger partial charge in [-0.3, -0.25) is 9.59 Å². The molecule has 1 aliphatic rings. The molecule has 0 spiro atoms. The molecule has 1 N–H and O–H groups in total. The van der Waals surface area contributed by atoms with Crippen molar-refractivity contribution in [1.29, 1.82) is 0 Å². The Balaban J connectivity index is 2.04. The van der Waals surface area contributed by atoms with Gasteiger partial charge in [-0.1, -0.05) is 11.3 Å². The van der Waals surface area contributed by atoms with Crippen molar-refractivity contribution >= 4 is 27.3 Å².